The normalized spacial score (nSPS) is 11.2. The molecule has 8 nitrogen and oxygen atoms in total. The quantitative estimate of drug-likeness (QED) is 0.521. The zero-order valence-corrected chi connectivity index (χ0v) is 13.4. The van der Waals surface area contributed by atoms with Crippen molar-refractivity contribution in [3.8, 4) is 0 Å². The molecule has 0 aromatic rings. The second-order valence-electron chi connectivity index (χ2n) is 5.32. The highest BCUT2D eigenvalue weighted by atomic mass is 16.6. The highest BCUT2D eigenvalue weighted by Crippen LogP contribution is 2.24. The summed E-state index contributed by atoms with van der Waals surface area (Å²) in [5.74, 6) is -4.34. The average Bonchev–Trinajstić information content (AvgIpc) is 2.23. The Balaban J connectivity index is 5.33. The molecule has 0 aliphatic rings. The van der Waals surface area contributed by atoms with Gasteiger partial charge >= 0.3 is 23.9 Å². The molecule has 0 atom stereocenters. The number of hydrogen-bond donors (Lipinski definition) is 1. The topological polar surface area (TPSA) is 116 Å². The van der Waals surface area contributed by atoms with Crippen LogP contribution in [-0.2, 0) is 33.4 Å². The summed E-state index contributed by atoms with van der Waals surface area (Å²) in [6.07, 6.45) is -2.52. The maximum absolute atomic E-state index is 11.7. The molecule has 0 spiro atoms. The molecule has 0 unspecified atom stereocenters. The van der Waals surface area contributed by atoms with Crippen LogP contribution in [-0.4, -0.2) is 46.8 Å². The summed E-state index contributed by atoms with van der Waals surface area (Å²) in [5.41, 5.74) is -2.34. The number of ether oxygens (including phenoxy) is 3. The van der Waals surface area contributed by atoms with Gasteiger partial charge in [0.1, 0.15) is 0 Å². The number of carboxylic acids is 1. The minimum Gasteiger partial charge on any atom is -0.478 e. The number of carboxylic acid groups (broad SMARTS) is 1. The Morgan fingerprint density at radius 3 is 1.50 bits per heavy atom. The van der Waals surface area contributed by atoms with E-state index in [4.69, 9.17) is 14.2 Å². The molecule has 0 aliphatic heterocycles. The molecule has 0 aromatic carbocycles. The SMILES string of the molecule is CC(=O)OC(CC(=O)OC(C)C)(CC(=O)OC(C)C)C(=O)O. The molecule has 0 heterocycles. The van der Waals surface area contributed by atoms with Crippen LogP contribution in [0.4, 0.5) is 0 Å². The van der Waals surface area contributed by atoms with Crippen LogP contribution in [0.15, 0.2) is 0 Å². The number of aliphatic carboxylic acids is 1. The number of rotatable bonds is 8. The Hall–Kier alpha value is -2.12. The van der Waals surface area contributed by atoms with Crippen molar-refractivity contribution in [1.29, 1.82) is 0 Å². The number of hydrogen-bond acceptors (Lipinski definition) is 7. The van der Waals surface area contributed by atoms with Crippen LogP contribution < -0.4 is 0 Å². The van der Waals surface area contributed by atoms with Crippen LogP contribution in [0.1, 0.15) is 47.5 Å². The molecule has 0 aliphatic carbocycles. The predicted molar refractivity (Wildman–Crippen MR) is 73.8 cm³/mol. The second-order valence-corrected chi connectivity index (χ2v) is 5.32. The van der Waals surface area contributed by atoms with Crippen LogP contribution in [0.2, 0.25) is 0 Å². The Morgan fingerprint density at radius 1 is 0.909 bits per heavy atom. The van der Waals surface area contributed by atoms with Gasteiger partial charge in [-0.25, -0.2) is 4.79 Å². The Bertz CT molecular complexity index is 414. The number of esters is 3. The first kappa shape index (κ1) is 19.9. The van der Waals surface area contributed by atoms with Crippen LogP contribution in [0.25, 0.3) is 0 Å². The zero-order chi connectivity index (χ0) is 17.5. The third-order valence-corrected chi connectivity index (χ3v) is 2.32. The van der Waals surface area contributed by atoms with E-state index in [-0.39, 0.29) is 0 Å². The minimum absolute atomic E-state index is 0.473. The van der Waals surface area contributed by atoms with E-state index >= 15 is 0 Å². The molecule has 0 saturated heterocycles. The molecule has 0 radical (unpaired) electrons. The molecule has 22 heavy (non-hydrogen) atoms. The van der Waals surface area contributed by atoms with Crippen molar-refractivity contribution in [2.75, 3.05) is 0 Å². The van der Waals surface area contributed by atoms with Gasteiger partial charge < -0.3 is 19.3 Å². The lowest BCUT2D eigenvalue weighted by Gasteiger charge is -2.27. The van der Waals surface area contributed by atoms with Crippen molar-refractivity contribution in [1.82, 2.24) is 0 Å². The van der Waals surface area contributed by atoms with Gasteiger partial charge in [-0.3, -0.25) is 14.4 Å². The summed E-state index contributed by atoms with van der Waals surface area (Å²) < 4.78 is 14.5. The first-order chi connectivity index (χ1) is 9.98. The summed E-state index contributed by atoms with van der Waals surface area (Å²) >= 11 is 0. The van der Waals surface area contributed by atoms with Crippen molar-refractivity contribution in [2.45, 2.75) is 65.3 Å². The monoisotopic (exact) mass is 318 g/mol. The van der Waals surface area contributed by atoms with Gasteiger partial charge in [0.25, 0.3) is 0 Å². The second kappa shape index (κ2) is 8.35. The van der Waals surface area contributed by atoms with Crippen molar-refractivity contribution in [2.24, 2.45) is 0 Å². The van der Waals surface area contributed by atoms with Gasteiger partial charge in [0.15, 0.2) is 0 Å². The van der Waals surface area contributed by atoms with Crippen LogP contribution in [0, 0.1) is 0 Å². The van der Waals surface area contributed by atoms with E-state index < -0.39 is 54.5 Å². The van der Waals surface area contributed by atoms with Crippen molar-refractivity contribution < 1.29 is 38.5 Å². The van der Waals surface area contributed by atoms with Crippen LogP contribution in [0.5, 0.6) is 0 Å². The van der Waals surface area contributed by atoms with Gasteiger partial charge in [0.05, 0.1) is 25.0 Å². The van der Waals surface area contributed by atoms with Crippen LogP contribution >= 0.6 is 0 Å². The van der Waals surface area contributed by atoms with Gasteiger partial charge in [0.2, 0.25) is 5.60 Å². The summed E-state index contributed by atoms with van der Waals surface area (Å²) in [6.45, 7) is 7.32. The lowest BCUT2D eigenvalue weighted by atomic mass is 9.95. The standard InChI is InChI=1S/C14H22O8/c1-8(2)20-11(16)6-14(13(18)19,22-10(5)15)7-12(17)21-9(3)4/h8-9H,6-7H2,1-5H3,(H,18,19). The Morgan fingerprint density at radius 2 is 1.27 bits per heavy atom. The smallest absolute Gasteiger partial charge is 0.349 e. The molecule has 0 amide bonds. The largest absolute Gasteiger partial charge is 0.478 e. The van der Waals surface area contributed by atoms with E-state index in [0.29, 0.717) is 0 Å². The average molecular weight is 318 g/mol. The molecule has 8 heteroatoms. The highest BCUT2D eigenvalue weighted by Gasteiger charge is 2.47. The van der Waals surface area contributed by atoms with Crippen molar-refractivity contribution >= 4 is 23.9 Å². The lowest BCUT2D eigenvalue weighted by molar-refractivity contribution is -0.187. The van der Waals surface area contributed by atoms with Crippen LogP contribution in [0.3, 0.4) is 0 Å². The minimum atomic E-state index is -2.34. The molecule has 126 valence electrons. The molecule has 1 N–H and O–H groups in total. The summed E-state index contributed by atoms with van der Waals surface area (Å²) in [6, 6.07) is 0. The molecule has 0 rings (SSSR count). The molecule has 0 saturated carbocycles. The first-order valence-corrected chi connectivity index (χ1v) is 6.80. The number of carbonyl (C=O) groups is 4. The van der Waals surface area contributed by atoms with E-state index in [1.807, 2.05) is 0 Å². The van der Waals surface area contributed by atoms with Crippen molar-refractivity contribution in [3.63, 3.8) is 0 Å². The van der Waals surface area contributed by atoms with Gasteiger partial charge in [-0.1, -0.05) is 0 Å². The third-order valence-electron chi connectivity index (χ3n) is 2.32. The lowest BCUT2D eigenvalue weighted by Crippen LogP contribution is -2.47. The van der Waals surface area contributed by atoms with E-state index in [1.54, 1.807) is 27.7 Å². The summed E-state index contributed by atoms with van der Waals surface area (Å²) in [5, 5.41) is 9.35. The third kappa shape index (κ3) is 7.05. The maximum atomic E-state index is 11.7. The molecular weight excluding hydrogens is 296 g/mol. The Labute approximate surface area is 128 Å². The first-order valence-electron chi connectivity index (χ1n) is 6.80. The molecule has 0 fully saturated rings. The van der Waals surface area contributed by atoms with Gasteiger partial charge in [0, 0.05) is 6.92 Å². The van der Waals surface area contributed by atoms with Gasteiger partial charge in [-0.05, 0) is 27.7 Å². The van der Waals surface area contributed by atoms with Gasteiger partial charge in [-0.2, -0.15) is 0 Å². The fraction of sp³-hybridized carbons (Fsp3) is 0.714. The summed E-state index contributed by atoms with van der Waals surface area (Å²) in [4.78, 5) is 46.1. The zero-order valence-electron chi connectivity index (χ0n) is 13.4. The Kier molecular flexibility index (Phi) is 7.55. The highest BCUT2D eigenvalue weighted by molar-refractivity contribution is 5.91. The molecule has 0 aromatic heterocycles. The van der Waals surface area contributed by atoms with E-state index in [1.165, 1.54) is 0 Å². The van der Waals surface area contributed by atoms with E-state index in [9.17, 15) is 24.3 Å². The molecular formula is C14H22O8. The predicted octanol–water partition coefficient (Wildman–Crippen LogP) is 1.06. The summed E-state index contributed by atoms with van der Waals surface area (Å²) in [7, 11) is 0. The van der Waals surface area contributed by atoms with E-state index in [2.05, 4.69) is 0 Å². The number of carbonyl (C=O) groups excluding carboxylic acids is 3. The maximum Gasteiger partial charge on any atom is 0.349 e. The fourth-order valence-electron chi connectivity index (χ4n) is 1.68. The van der Waals surface area contributed by atoms with Crippen molar-refractivity contribution in [3.05, 3.63) is 0 Å². The fourth-order valence-corrected chi connectivity index (χ4v) is 1.68. The van der Waals surface area contributed by atoms with Gasteiger partial charge in [-0.15, -0.1) is 0 Å². The molecule has 0 bridgehead atoms. The van der Waals surface area contributed by atoms with E-state index in [0.717, 1.165) is 6.92 Å².